The van der Waals surface area contributed by atoms with Gasteiger partial charge in [0.2, 0.25) is 0 Å². The molecule has 1 aliphatic rings. The number of hydrogen-bond donors (Lipinski definition) is 2. The van der Waals surface area contributed by atoms with Crippen LogP contribution in [-0.2, 0) is 6.42 Å². The van der Waals surface area contributed by atoms with Gasteiger partial charge in [0.15, 0.2) is 5.82 Å². The van der Waals surface area contributed by atoms with Crippen molar-refractivity contribution in [3.63, 3.8) is 0 Å². The molecule has 1 aromatic carbocycles. The lowest BCUT2D eigenvalue weighted by Gasteiger charge is -2.06. The maximum absolute atomic E-state index is 4.79. The number of nitrogens with zero attached hydrogens (tertiary/aromatic N) is 3. The van der Waals surface area contributed by atoms with Crippen molar-refractivity contribution in [1.29, 1.82) is 0 Å². The number of anilines is 1. The van der Waals surface area contributed by atoms with Gasteiger partial charge >= 0.3 is 0 Å². The van der Waals surface area contributed by atoms with Crippen LogP contribution < -0.4 is 5.43 Å². The van der Waals surface area contributed by atoms with Crippen molar-refractivity contribution in [2.45, 2.75) is 26.2 Å². The second-order valence-corrected chi connectivity index (χ2v) is 7.75. The fourth-order valence-electron chi connectivity index (χ4n) is 3.29. The van der Waals surface area contributed by atoms with E-state index in [-0.39, 0.29) is 0 Å². The van der Waals surface area contributed by atoms with Gasteiger partial charge in [0.25, 0.3) is 0 Å². The smallest absolute Gasteiger partial charge is 0.158 e. The fourth-order valence-corrected chi connectivity index (χ4v) is 4.23. The SMILES string of the molecule is CCc1cc2c(NN=C(c3c[nH]c4ccccc34)C3CC3)ncnc2s1. The number of nitrogens with one attached hydrogen (secondary N) is 2. The minimum atomic E-state index is 0.521. The van der Waals surface area contributed by atoms with Gasteiger partial charge in [0, 0.05) is 33.5 Å². The van der Waals surface area contributed by atoms with E-state index in [1.165, 1.54) is 28.7 Å². The lowest BCUT2D eigenvalue weighted by Crippen LogP contribution is -2.07. The molecule has 130 valence electrons. The summed E-state index contributed by atoms with van der Waals surface area (Å²) in [5, 5.41) is 7.06. The Balaban J connectivity index is 1.55. The molecule has 0 amide bonds. The molecule has 3 heterocycles. The molecule has 1 saturated carbocycles. The number of hydrogen-bond acceptors (Lipinski definition) is 5. The van der Waals surface area contributed by atoms with Crippen LogP contribution in [0.2, 0.25) is 0 Å². The molecular weight excluding hydrogens is 342 g/mol. The predicted octanol–water partition coefficient (Wildman–Crippen LogP) is 4.96. The second-order valence-electron chi connectivity index (χ2n) is 6.64. The molecule has 0 aliphatic heterocycles. The standard InChI is InChI=1S/C20H19N5S/c1-2-13-9-15-19(22-11-23-20(15)26-13)25-24-18(12-7-8-12)16-10-21-17-6-4-3-5-14(16)17/h3-6,9-12,21H,2,7-8H2,1H3,(H,22,23,25). The van der Waals surface area contributed by atoms with E-state index in [2.05, 4.69) is 57.8 Å². The van der Waals surface area contributed by atoms with Gasteiger partial charge in [-0.05, 0) is 31.4 Å². The summed E-state index contributed by atoms with van der Waals surface area (Å²) in [6.07, 6.45) is 7.07. The molecule has 0 radical (unpaired) electrons. The third-order valence-electron chi connectivity index (χ3n) is 4.84. The van der Waals surface area contributed by atoms with Gasteiger partial charge < -0.3 is 4.98 Å². The summed E-state index contributed by atoms with van der Waals surface area (Å²) in [6.45, 7) is 2.16. The van der Waals surface area contributed by atoms with E-state index >= 15 is 0 Å². The van der Waals surface area contributed by atoms with Crippen molar-refractivity contribution in [3.05, 3.63) is 53.3 Å². The highest BCUT2D eigenvalue weighted by atomic mass is 32.1. The summed E-state index contributed by atoms with van der Waals surface area (Å²) in [7, 11) is 0. The van der Waals surface area contributed by atoms with Crippen LogP contribution in [0.4, 0.5) is 5.82 Å². The van der Waals surface area contributed by atoms with E-state index in [9.17, 15) is 0 Å². The number of aromatic amines is 1. The minimum Gasteiger partial charge on any atom is -0.360 e. The normalized spacial score (nSPS) is 15.0. The highest BCUT2D eigenvalue weighted by molar-refractivity contribution is 7.18. The number of benzene rings is 1. The van der Waals surface area contributed by atoms with Crippen LogP contribution in [-0.4, -0.2) is 20.7 Å². The third-order valence-corrected chi connectivity index (χ3v) is 6.03. The molecule has 0 spiro atoms. The van der Waals surface area contributed by atoms with Crippen molar-refractivity contribution in [2.24, 2.45) is 11.0 Å². The summed E-state index contributed by atoms with van der Waals surface area (Å²) in [4.78, 5) is 14.5. The van der Waals surface area contributed by atoms with Gasteiger partial charge in [0.05, 0.1) is 11.1 Å². The van der Waals surface area contributed by atoms with Crippen molar-refractivity contribution in [3.8, 4) is 0 Å². The van der Waals surface area contributed by atoms with E-state index in [4.69, 9.17) is 5.10 Å². The predicted molar refractivity (Wildman–Crippen MR) is 108 cm³/mol. The molecule has 2 N–H and O–H groups in total. The zero-order valence-corrected chi connectivity index (χ0v) is 15.3. The van der Waals surface area contributed by atoms with E-state index in [1.54, 1.807) is 17.7 Å². The molecule has 0 saturated heterocycles. The number of thiophene rings is 1. The quantitative estimate of drug-likeness (QED) is 0.390. The van der Waals surface area contributed by atoms with Gasteiger partial charge in [-0.25, -0.2) is 9.97 Å². The first-order chi connectivity index (χ1) is 12.8. The highest BCUT2D eigenvalue weighted by Crippen LogP contribution is 2.36. The molecule has 3 aromatic heterocycles. The van der Waals surface area contributed by atoms with Crippen LogP contribution in [0.5, 0.6) is 0 Å². The Hall–Kier alpha value is -2.73. The zero-order valence-electron chi connectivity index (χ0n) is 14.5. The van der Waals surface area contributed by atoms with E-state index < -0.39 is 0 Å². The van der Waals surface area contributed by atoms with Gasteiger partial charge in [0.1, 0.15) is 11.2 Å². The molecule has 6 heteroatoms. The molecule has 1 fully saturated rings. The largest absolute Gasteiger partial charge is 0.360 e. The molecule has 5 rings (SSSR count). The molecule has 5 nitrogen and oxygen atoms in total. The Morgan fingerprint density at radius 3 is 3.00 bits per heavy atom. The summed E-state index contributed by atoms with van der Waals surface area (Å²) >= 11 is 1.72. The van der Waals surface area contributed by atoms with Crippen molar-refractivity contribution < 1.29 is 0 Å². The number of aryl methyl sites for hydroxylation is 1. The molecule has 0 bridgehead atoms. The topological polar surface area (TPSA) is 66.0 Å². The van der Waals surface area contributed by atoms with Gasteiger partial charge in [-0.2, -0.15) is 5.10 Å². The third kappa shape index (κ3) is 2.66. The summed E-state index contributed by atoms with van der Waals surface area (Å²) in [5.74, 6) is 1.30. The fraction of sp³-hybridized carbons (Fsp3) is 0.250. The maximum Gasteiger partial charge on any atom is 0.158 e. The van der Waals surface area contributed by atoms with Crippen LogP contribution in [0.25, 0.3) is 21.1 Å². The second kappa shape index (κ2) is 6.21. The molecule has 26 heavy (non-hydrogen) atoms. The average Bonchev–Trinajstić information content (AvgIpc) is 3.27. The zero-order chi connectivity index (χ0) is 17.5. The molecule has 0 unspecified atom stereocenters. The molecule has 4 aromatic rings. The van der Waals surface area contributed by atoms with Gasteiger partial charge in [-0.15, -0.1) is 11.3 Å². The number of hydrazone groups is 1. The van der Waals surface area contributed by atoms with E-state index in [0.29, 0.717) is 5.92 Å². The monoisotopic (exact) mass is 361 g/mol. The molecule has 0 atom stereocenters. The Bertz CT molecular complexity index is 1120. The van der Waals surface area contributed by atoms with Crippen LogP contribution in [0.15, 0.2) is 48.0 Å². The summed E-state index contributed by atoms with van der Waals surface area (Å²) < 4.78 is 0. The maximum atomic E-state index is 4.79. The van der Waals surface area contributed by atoms with Gasteiger partial charge in [-0.3, -0.25) is 5.43 Å². The first-order valence-corrected chi connectivity index (χ1v) is 9.78. The number of para-hydroxylation sites is 1. The number of H-pyrrole nitrogens is 1. The first kappa shape index (κ1) is 15.5. The highest BCUT2D eigenvalue weighted by Gasteiger charge is 2.30. The van der Waals surface area contributed by atoms with Crippen LogP contribution >= 0.6 is 11.3 Å². The lowest BCUT2D eigenvalue weighted by molar-refractivity contribution is 1.13. The van der Waals surface area contributed by atoms with Crippen molar-refractivity contribution >= 4 is 44.0 Å². The molecule has 1 aliphatic carbocycles. The number of fused-ring (bicyclic) bond motifs is 2. The Morgan fingerprint density at radius 1 is 1.27 bits per heavy atom. The molecular formula is C20H19N5S. The average molecular weight is 361 g/mol. The van der Waals surface area contributed by atoms with Crippen LogP contribution in [0.1, 0.15) is 30.2 Å². The van der Waals surface area contributed by atoms with Crippen LogP contribution in [0.3, 0.4) is 0 Å². The number of aromatic nitrogens is 3. The minimum absolute atomic E-state index is 0.521. The van der Waals surface area contributed by atoms with Crippen LogP contribution in [0, 0.1) is 5.92 Å². The summed E-state index contributed by atoms with van der Waals surface area (Å²) in [6, 6.07) is 10.5. The van der Waals surface area contributed by atoms with Crippen molar-refractivity contribution in [2.75, 3.05) is 5.43 Å². The van der Waals surface area contributed by atoms with Gasteiger partial charge in [-0.1, -0.05) is 25.1 Å². The number of rotatable bonds is 5. The Labute approximate surface area is 155 Å². The van der Waals surface area contributed by atoms with Crippen molar-refractivity contribution in [1.82, 2.24) is 15.0 Å². The summed E-state index contributed by atoms with van der Waals surface area (Å²) in [5.41, 5.74) is 6.67. The van der Waals surface area contributed by atoms with E-state index in [0.717, 1.165) is 33.7 Å². The van der Waals surface area contributed by atoms with E-state index in [1.807, 2.05) is 6.07 Å². The lowest BCUT2D eigenvalue weighted by atomic mass is 10.1. The Morgan fingerprint density at radius 2 is 2.15 bits per heavy atom. The Kier molecular flexibility index (Phi) is 3.71. The first-order valence-electron chi connectivity index (χ1n) is 8.97.